The van der Waals surface area contributed by atoms with Gasteiger partial charge in [0.1, 0.15) is 22.8 Å². The first-order valence-electron chi connectivity index (χ1n) is 16.6. The summed E-state index contributed by atoms with van der Waals surface area (Å²) >= 11 is 1.47. The van der Waals surface area contributed by atoms with E-state index >= 15 is 0 Å². The zero-order valence-electron chi connectivity index (χ0n) is 28.7. The number of ether oxygens (including phenoxy) is 2. The van der Waals surface area contributed by atoms with Crippen LogP contribution in [-0.2, 0) is 21.8 Å². The van der Waals surface area contributed by atoms with Crippen molar-refractivity contribution in [3.63, 3.8) is 0 Å². The van der Waals surface area contributed by atoms with Crippen molar-refractivity contribution >= 4 is 45.7 Å². The number of esters is 2. The summed E-state index contributed by atoms with van der Waals surface area (Å²) in [5.41, 5.74) is 16.9. The third-order valence-electron chi connectivity index (χ3n) is 7.93. The van der Waals surface area contributed by atoms with E-state index < -0.39 is 11.9 Å². The Bertz CT molecular complexity index is 1640. The molecular weight excluding hydrogens is 614 g/mol. The van der Waals surface area contributed by atoms with E-state index in [2.05, 4.69) is 24.1 Å². The van der Waals surface area contributed by atoms with Crippen molar-refractivity contribution in [2.45, 2.75) is 97.4 Å². The van der Waals surface area contributed by atoms with E-state index in [9.17, 15) is 9.59 Å². The van der Waals surface area contributed by atoms with E-state index in [1.165, 1.54) is 64.5 Å². The minimum atomic E-state index is -0.440. The summed E-state index contributed by atoms with van der Waals surface area (Å²) in [5, 5.41) is 3.70. The summed E-state index contributed by atoms with van der Waals surface area (Å²) in [7, 11) is 2.69. The Morgan fingerprint density at radius 2 is 1.53 bits per heavy atom. The van der Waals surface area contributed by atoms with Gasteiger partial charge in [-0.05, 0) is 37.1 Å². The smallest absolute Gasteiger partial charge is 0.338 e. The number of aromatic nitrogens is 4. The van der Waals surface area contributed by atoms with Crippen molar-refractivity contribution in [3.05, 3.63) is 71.1 Å². The molecule has 0 aliphatic heterocycles. The maximum atomic E-state index is 12.2. The van der Waals surface area contributed by atoms with Crippen LogP contribution in [0.1, 0.15) is 117 Å². The van der Waals surface area contributed by atoms with Gasteiger partial charge in [0, 0.05) is 36.9 Å². The molecule has 4 heterocycles. The molecule has 256 valence electrons. The van der Waals surface area contributed by atoms with E-state index in [1.54, 1.807) is 41.1 Å². The van der Waals surface area contributed by atoms with E-state index in [-0.39, 0.29) is 0 Å². The third kappa shape index (κ3) is 9.51. The lowest BCUT2D eigenvalue weighted by atomic mass is 9.95. The predicted octanol–water partition coefficient (Wildman–Crippen LogP) is 6.97. The monoisotopic (exact) mass is 665 g/mol. The van der Waals surface area contributed by atoms with Crippen LogP contribution in [0.2, 0.25) is 0 Å². The molecule has 5 rings (SSSR count). The average molecular weight is 666 g/mol. The Hall–Kier alpha value is -4.03. The second kappa shape index (κ2) is 19.0. The molecule has 0 aromatic carbocycles. The zero-order chi connectivity index (χ0) is 34.3. The van der Waals surface area contributed by atoms with Gasteiger partial charge in [0.15, 0.2) is 0 Å². The van der Waals surface area contributed by atoms with Crippen LogP contribution in [0.15, 0.2) is 42.9 Å². The minimum absolute atomic E-state index is 0.396. The molecule has 0 unspecified atom stereocenters. The number of nitrogen functional groups attached to an aromatic ring is 1. The first-order valence-corrected chi connectivity index (χ1v) is 17.6. The van der Waals surface area contributed by atoms with Crippen LogP contribution in [0.5, 0.6) is 0 Å². The van der Waals surface area contributed by atoms with Gasteiger partial charge in [0.05, 0.1) is 41.6 Å². The highest BCUT2D eigenvalue weighted by molar-refractivity contribution is 8.07. The molecule has 0 amide bonds. The van der Waals surface area contributed by atoms with Crippen molar-refractivity contribution < 1.29 is 19.1 Å². The number of pyridine rings is 2. The van der Waals surface area contributed by atoms with Gasteiger partial charge in [-0.3, -0.25) is 4.40 Å². The molecule has 12 heteroatoms. The molecule has 47 heavy (non-hydrogen) atoms. The number of nitrogens with zero attached hydrogens (tertiary/aromatic N) is 4. The third-order valence-corrected chi connectivity index (χ3v) is 8.98. The van der Waals surface area contributed by atoms with Crippen molar-refractivity contribution in [2.75, 3.05) is 20.0 Å². The van der Waals surface area contributed by atoms with Crippen LogP contribution in [0.25, 0.3) is 16.2 Å². The zero-order valence-corrected chi connectivity index (χ0v) is 29.5. The maximum absolute atomic E-state index is 12.2. The summed E-state index contributed by atoms with van der Waals surface area (Å²) in [6.45, 7) is 9.02. The topological polar surface area (TPSA) is 151 Å². The number of rotatable bonds is 11. The van der Waals surface area contributed by atoms with Crippen molar-refractivity contribution in [1.82, 2.24) is 24.1 Å². The fraction of sp³-hybridized carbons (Fsp3) is 0.486. The number of unbranched alkanes of at least 4 members (excludes halogenated alkanes) is 2. The number of nitrogens with one attached hydrogen (secondary N) is 1. The molecular formula is C35H51N7O4S. The van der Waals surface area contributed by atoms with Gasteiger partial charge in [-0.1, -0.05) is 66.2 Å². The molecule has 4 aromatic heterocycles. The number of hydrogen-bond acceptors (Lipinski definition) is 10. The highest BCUT2D eigenvalue weighted by Crippen LogP contribution is 2.34. The van der Waals surface area contributed by atoms with Crippen LogP contribution < -0.4 is 16.8 Å². The van der Waals surface area contributed by atoms with Crippen molar-refractivity contribution in [1.29, 1.82) is 0 Å². The number of methoxy groups -OCH3 is 2. The normalized spacial score (nSPS) is 13.4. The van der Waals surface area contributed by atoms with Gasteiger partial charge in [-0.25, -0.2) is 19.6 Å². The van der Waals surface area contributed by atoms with E-state index in [1.807, 2.05) is 24.4 Å². The van der Waals surface area contributed by atoms with Crippen LogP contribution in [-0.4, -0.2) is 51.0 Å². The molecule has 1 aliphatic carbocycles. The molecule has 0 atom stereocenters. The minimum Gasteiger partial charge on any atom is -0.465 e. The number of fused-ring (bicyclic) bond motifs is 2. The van der Waals surface area contributed by atoms with Gasteiger partial charge in [-0.2, -0.15) is 0 Å². The predicted molar refractivity (Wildman–Crippen MR) is 191 cm³/mol. The molecule has 1 saturated carbocycles. The van der Waals surface area contributed by atoms with Gasteiger partial charge in [0.25, 0.3) is 0 Å². The Labute approximate surface area is 282 Å². The summed E-state index contributed by atoms with van der Waals surface area (Å²) in [6, 6.07) is 7.19. The van der Waals surface area contributed by atoms with E-state index in [0.717, 1.165) is 29.1 Å². The highest BCUT2D eigenvalue weighted by atomic mass is 32.2. The molecule has 1 aliphatic rings. The largest absolute Gasteiger partial charge is 0.465 e. The fourth-order valence-electron chi connectivity index (χ4n) is 5.41. The number of imidazole rings is 2. The van der Waals surface area contributed by atoms with Crippen molar-refractivity contribution in [3.8, 4) is 0 Å². The standard InChI is InChI=1S/C28H33N7O4S.C5H12.C2H6/c1-38-27(36)17-8-10-34-21(15-31-19-6-4-3-5-7-19)25(33-24(34)13-17)22(14-29)40-16-20-26(30)35-11-9-18(28(37)39-2)12-23(35)32-20;1-3-5-4-2;1-2/h8-14,19,31H,3-7,15-16,29-30H2,1-2H3;3-5H2,1-2H3;1-2H3/b22-14-;;. The number of anilines is 1. The molecule has 0 radical (unpaired) electrons. The quantitative estimate of drug-likeness (QED) is 0.143. The number of nitrogens with two attached hydrogens (primary N) is 2. The molecule has 5 N–H and O–H groups in total. The highest BCUT2D eigenvalue weighted by Gasteiger charge is 2.21. The lowest BCUT2D eigenvalue weighted by Crippen LogP contribution is -2.31. The SMILES string of the molecule is CC.CCCCC.COC(=O)c1ccn2c(N)c(CS/C(=C\N)c3nc4cc(C(=O)OC)ccn4c3CNC3CCCCC3)nc2c1. The summed E-state index contributed by atoms with van der Waals surface area (Å²) in [4.78, 5) is 34.4. The van der Waals surface area contributed by atoms with Gasteiger partial charge < -0.3 is 30.7 Å². The molecule has 11 nitrogen and oxygen atoms in total. The Morgan fingerprint density at radius 1 is 0.957 bits per heavy atom. The maximum Gasteiger partial charge on any atom is 0.338 e. The van der Waals surface area contributed by atoms with Gasteiger partial charge in [0.2, 0.25) is 0 Å². The van der Waals surface area contributed by atoms with E-state index in [4.69, 9.17) is 25.9 Å². The number of thioether (sulfide) groups is 1. The Kier molecular flexibility index (Phi) is 15.1. The second-order valence-electron chi connectivity index (χ2n) is 11.0. The summed E-state index contributed by atoms with van der Waals surface area (Å²) in [5.74, 6) is 0.0497. The number of carbonyl (C=O) groups excluding carboxylic acids is 2. The molecule has 0 saturated heterocycles. The second-order valence-corrected chi connectivity index (χ2v) is 12.0. The summed E-state index contributed by atoms with van der Waals surface area (Å²) < 4.78 is 13.4. The van der Waals surface area contributed by atoms with Gasteiger partial charge in [-0.15, -0.1) is 11.8 Å². The lowest BCUT2D eigenvalue weighted by molar-refractivity contribution is 0.0592. The fourth-order valence-corrected chi connectivity index (χ4v) is 6.31. The Morgan fingerprint density at radius 3 is 2.06 bits per heavy atom. The average Bonchev–Trinajstić information content (AvgIpc) is 3.64. The summed E-state index contributed by atoms with van der Waals surface area (Å²) in [6.07, 6.45) is 15.2. The van der Waals surface area contributed by atoms with E-state index in [0.29, 0.717) is 52.3 Å². The number of carbonyl (C=O) groups is 2. The van der Waals surface area contributed by atoms with Crippen LogP contribution >= 0.6 is 11.8 Å². The van der Waals surface area contributed by atoms with Gasteiger partial charge >= 0.3 is 11.9 Å². The molecule has 4 aromatic rings. The molecule has 1 fully saturated rings. The van der Waals surface area contributed by atoms with Crippen molar-refractivity contribution in [2.24, 2.45) is 5.73 Å². The Balaban J connectivity index is 0.000000784. The lowest BCUT2D eigenvalue weighted by Gasteiger charge is -2.23. The number of hydrogen-bond donors (Lipinski definition) is 3. The first kappa shape index (κ1) is 37.4. The van der Waals surface area contributed by atoms with Crippen LogP contribution in [0.3, 0.4) is 0 Å². The van der Waals surface area contributed by atoms with Crippen LogP contribution in [0.4, 0.5) is 5.82 Å². The first-order chi connectivity index (χ1) is 22.8. The molecule has 0 bridgehead atoms. The van der Waals surface area contributed by atoms with Crippen LogP contribution in [0, 0.1) is 0 Å². The molecule has 0 spiro atoms.